The molecular formula is C45H51ClN6O10S. The van der Waals surface area contributed by atoms with Crippen LogP contribution in [0, 0.1) is 5.92 Å². The summed E-state index contributed by atoms with van der Waals surface area (Å²) in [4.78, 5) is 67.9. The third kappa shape index (κ3) is 8.65. The number of furan rings is 1. The molecule has 2 aromatic heterocycles. The molecule has 0 unspecified atom stereocenters. The summed E-state index contributed by atoms with van der Waals surface area (Å²) in [7, 11) is -2.46. The summed E-state index contributed by atoms with van der Waals surface area (Å²) in [6.07, 6.45) is 9.50. The molecule has 2 aromatic carbocycles. The predicted octanol–water partition coefficient (Wildman–Crippen LogP) is 6.48. The minimum absolute atomic E-state index is 0.0409. The molecule has 3 aliphatic carbocycles. The van der Waals surface area contributed by atoms with E-state index in [9.17, 15) is 27.6 Å². The number of nitrogens with zero attached hydrogens (tertiary/aromatic N) is 3. The van der Waals surface area contributed by atoms with Crippen LogP contribution in [-0.4, -0.2) is 95.3 Å². The smallest absolute Gasteiger partial charge is 0.408 e. The number of alkyl carbamates (subject to hydrolysis) is 1. The first-order valence-electron chi connectivity index (χ1n) is 21.8. The number of aromatic nitrogens is 2. The van der Waals surface area contributed by atoms with Gasteiger partial charge in [0, 0.05) is 28.3 Å². The van der Waals surface area contributed by atoms with E-state index in [1.54, 1.807) is 44.4 Å². The van der Waals surface area contributed by atoms with Gasteiger partial charge >= 0.3 is 6.09 Å². The van der Waals surface area contributed by atoms with Crippen molar-refractivity contribution in [1.82, 2.24) is 30.2 Å². The highest BCUT2D eigenvalue weighted by Crippen LogP contribution is 2.48. The maximum atomic E-state index is 14.8. The van der Waals surface area contributed by atoms with Crippen molar-refractivity contribution in [3.8, 4) is 23.0 Å². The van der Waals surface area contributed by atoms with E-state index in [1.807, 2.05) is 24.3 Å². The van der Waals surface area contributed by atoms with Gasteiger partial charge in [-0.25, -0.2) is 18.2 Å². The summed E-state index contributed by atoms with van der Waals surface area (Å²) in [5.74, 6) is -1.46. The SMILES string of the molecule is COc1ccc(-c2nc(O[C@@H]3C[C@H]4C(=O)N[C@]5(C(=O)NS(=O)(=O)C6(C)CC6)C[C@H]5C=CCCCCC[C@H](NC(=O)OC5CCCC5)C(=O)N4C3)c3oc4ccc(Cl)cc4c3n2)cc1. The van der Waals surface area contributed by atoms with E-state index in [4.69, 9.17) is 40.2 Å². The maximum Gasteiger partial charge on any atom is 0.408 e. The van der Waals surface area contributed by atoms with Gasteiger partial charge in [-0.3, -0.25) is 19.1 Å². The number of benzene rings is 2. The average Bonchev–Trinajstić information content (AvgIpc) is 3.93. The normalized spacial score (nSPS) is 26.2. The Balaban J connectivity index is 1.06. The highest BCUT2D eigenvalue weighted by Gasteiger charge is 2.63. The van der Waals surface area contributed by atoms with Crippen molar-refractivity contribution in [2.75, 3.05) is 13.7 Å². The number of halogens is 1. The van der Waals surface area contributed by atoms with E-state index in [1.165, 1.54) is 4.90 Å². The number of hydrogen-bond donors (Lipinski definition) is 3. The molecule has 3 saturated carbocycles. The molecule has 0 bridgehead atoms. The maximum absolute atomic E-state index is 14.8. The number of amides is 4. The number of methoxy groups -OCH3 is 1. The molecule has 1 saturated heterocycles. The monoisotopic (exact) mass is 902 g/mol. The zero-order valence-corrected chi connectivity index (χ0v) is 36.8. The largest absolute Gasteiger partial charge is 0.497 e. The second-order valence-corrected chi connectivity index (χ2v) is 20.3. The van der Waals surface area contributed by atoms with Crippen LogP contribution in [-0.2, 0) is 29.1 Å². The van der Waals surface area contributed by atoms with Gasteiger partial charge in [-0.05, 0) is 114 Å². The summed E-state index contributed by atoms with van der Waals surface area (Å²) in [5, 5.41) is 6.82. The Morgan fingerprint density at radius 2 is 1.75 bits per heavy atom. The minimum atomic E-state index is -4.03. The Morgan fingerprint density at radius 1 is 0.984 bits per heavy atom. The van der Waals surface area contributed by atoms with Gasteiger partial charge in [-0.1, -0.05) is 36.6 Å². The quantitative estimate of drug-likeness (QED) is 0.154. The van der Waals surface area contributed by atoms with Crippen molar-refractivity contribution in [2.45, 2.75) is 125 Å². The van der Waals surface area contributed by atoms with Gasteiger partial charge in [0.05, 0.1) is 18.4 Å². The first-order valence-corrected chi connectivity index (χ1v) is 23.7. The first-order chi connectivity index (χ1) is 30.3. The van der Waals surface area contributed by atoms with Crippen LogP contribution < -0.4 is 24.8 Å². The number of allylic oxidation sites excluding steroid dienone is 1. The highest BCUT2D eigenvalue weighted by molar-refractivity contribution is 7.91. The number of carbonyl (C=O) groups excluding carboxylic acids is 4. The second kappa shape index (κ2) is 16.9. The van der Waals surface area contributed by atoms with Gasteiger partial charge in [-0.2, -0.15) is 4.98 Å². The molecule has 4 amide bonds. The topological polar surface area (TPSA) is 208 Å². The lowest BCUT2D eigenvalue weighted by molar-refractivity contribution is -0.141. The van der Waals surface area contributed by atoms with E-state index in [0.29, 0.717) is 70.8 Å². The van der Waals surface area contributed by atoms with E-state index in [2.05, 4.69) is 15.4 Å². The van der Waals surface area contributed by atoms with Crippen molar-refractivity contribution < 1.29 is 46.2 Å². The molecule has 5 aliphatic rings. The number of hydrogen-bond acceptors (Lipinski definition) is 12. The zero-order chi connectivity index (χ0) is 44.1. The van der Waals surface area contributed by atoms with Crippen molar-refractivity contribution in [2.24, 2.45) is 5.92 Å². The van der Waals surface area contributed by atoms with Gasteiger partial charge in [0.2, 0.25) is 27.4 Å². The van der Waals surface area contributed by atoms with Gasteiger partial charge in [0.25, 0.3) is 11.8 Å². The van der Waals surface area contributed by atoms with Gasteiger partial charge < -0.3 is 34.2 Å². The number of fused-ring (bicyclic) bond motifs is 5. The Kier molecular flexibility index (Phi) is 11.5. The van der Waals surface area contributed by atoms with Crippen LogP contribution in [0.2, 0.25) is 5.02 Å². The van der Waals surface area contributed by atoms with Crippen LogP contribution in [0.5, 0.6) is 11.6 Å². The van der Waals surface area contributed by atoms with Crippen molar-refractivity contribution >= 4 is 67.5 Å². The van der Waals surface area contributed by atoms with Crippen molar-refractivity contribution in [3.63, 3.8) is 0 Å². The third-order valence-corrected chi connectivity index (χ3v) is 15.6. The molecule has 4 fully saturated rings. The van der Waals surface area contributed by atoms with Gasteiger partial charge in [0.15, 0.2) is 5.82 Å². The molecule has 3 N–H and O–H groups in total. The van der Waals surface area contributed by atoms with Gasteiger partial charge in [0.1, 0.15) is 46.7 Å². The van der Waals surface area contributed by atoms with Crippen molar-refractivity contribution in [1.29, 1.82) is 0 Å². The lowest BCUT2D eigenvalue weighted by atomic mass is 10.0. The number of carbonyl (C=O) groups is 4. The first kappa shape index (κ1) is 42.9. The molecule has 16 nitrogen and oxygen atoms in total. The molecular weight excluding hydrogens is 852 g/mol. The Bertz CT molecular complexity index is 2590. The number of rotatable bonds is 9. The number of ether oxygens (including phenoxy) is 3. The van der Waals surface area contributed by atoms with E-state index < -0.39 is 68.2 Å². The van der Waals surface area contributed by atoms with E-state index in [-0.39, 0.29) is 37.0 Å². The summed E-state index contributed by atoms with van der Waals surface area (Å²) >= 11 is 6.42. The molecule has 334 valence electrons. The average molecular weight is 903 g/mol. The summed E-state index contributed by atoms with van der Waals surface area (Å²) < 4.78 is 51.8. The van der Waals surface area contributed by atoms with Crippen LogP contribution in [0.25, 0.3) is 33.5 Å². The Morgan fingerprint density at radius 3 is 2.49 bits per heavy atom. The van der Waals surface area contributed by atoms with Crippen molar-refractivity contribution in [3.05, 3.63) is 59.6 Å². The molecule has 63 heavy (non-hydrogen) atoms. The molecule has 4 aromatic rings. The number of nitrogens with one attached hydrogen (secondary N) is 3. The molecule has 9 rings (SSSR count). The summed E-state index contributed by atoms with van der Waals surface area (Å²) in [6, 6.07) is 10.1. The lowest BCUT2D eigenvalue weighted by Gasteiger charge is -2.30. The minimum Gasteiger partial charge on any atom is -0.497 e. The number of sulfonamides is 1. The van der Waals surface area contributed by atoms with Gasteiger partial charge in [-0.15, -0.1) is 0 Å². The molecule has 0 spiro atoms. The van der Waals surface area contributed by atoms with Crippen LogP contribution >= 0.6 is 11.6 Å². The molecule has 0 radical (unpaired) electrons. The Hall–Kier alpha value is -5.42. The molecule has 4 heterocycles. The fraction of sp³-hybridized carbons (Fsp3) is 0.511. The lowest BCUT2D eigenvalue weighted by Crippen LogP contribution is -2.58. The molecule has 2 aliphatic heterocycles. The standard InChI is InChI=1S/C45H51ClN6O10S/c1-44(20-21-44)63(57,58)51-42(55)45-24-27(45)10-6-4-3-5-7-13-33(47-43(56)61-30-11-8-9-12-30)41(54)52-25-31(23-34(52)39(53)50-45)60-40-37-36(32-22-28(46)16-19-35(32)62-37)48-38(49-40)26-14-17-29(59-2)18-15-26/h6,10,14-19,22,27,30-31,33-34H,3-5,7-9,11-13,20-21,23-25H2,1-2H3,(H,47,56)(H,50,53)(H,51,55)/t27-,31-,33+,34+,45-/m1/s1. The van der Waals surface area contributed by atoms with Crippen LogP contribution in [0.4, 0.5) is 4.79 Å². The molecule has 5 atom stereocenters. The third-order valence-electron chi connectivity index (χ3n) is 13.2. The summed E-state index contributed by atoms with van der Waals surface area (Å²) in [5.41, 5.74) is 0.241. The van der Waals surface area contributed by atoms with Crippen LogP contribution in [0.1, 0.15) is 90.4 Å². The summed E-state index contributed by atoms with van der Waals surface area (Å²) in [6.45, 7) is 1.49. The molecule has 18 heteroatoms. The fourth-order valence-corrected chi connectivity index (χ4v) is 10.5. The van der Waals surface area contributed by atoms with E-state index in [0.717, 1.165) is 38.5 Å². The predicted molar refractivity (Wildman–Crippen MR) is 232 cm³/mol. The zero-order valence-electron chi connectivity index (χ0n) is 35.2. The second-order valence-electron chi connectivity index (χ2n) is 17.7. The van der Waals surface area contributed by atoms with Crippen LogP contribution in [0.3, 0.4) is 0 Å². The van der Waals surface area contributed by atoms with Crippen LogP contribution in [0.15, 0.2) is 59.0 Å². The Labute approximate surface area is 369 Å². The fourth-order valence-electron chi connectivity index (χ4n) is 8.98. The van der Waals surface area contributed by atoms with E-state index >= 15 is 0 Å². The highest BCUT2D eigenvalue weighted by atomic mass is 35.5.